The molecule has 0 aliphatic carbocycles. The predicted molar refractivity (Wildman–Crippen MR) is 478 cm³/mol. The van der Waals surface area contributed by atoms with Gasteiger partial charge in [-0.05, 0) is 133 Å². The van der Waals surface area contributed by atoms with Crippen LogP contribution in [0.3, 0.4) is 0 Å². The summed E-state index contributed by atoms with van der Waals surface area (Å²) in [5.74, 6) is -14.7. The van der Waals surface area contributed by atoms with Crippen molar-refractivity contribution in [3.8, 4) is 11.5 Å². The number of H-pyrrole nitrogens is 1. The van der Waals surface area contributed by atoms with Crippen molar-refractivity contribution >= 4 is 112 Å². The predicted octanol–water partition coefficient (Wildman–Crippen LogP) is 3.70. The lowest BCUT2D eigenvalue weighted by Gasteiger charge is -2.35. The van der Waals surface area contributed by atoms with Crippen LogP contribution in [-0.2, 0) is 104 Å². The van der Waals surface area contributed by atoms with Crippen LogP contribution < -0.4 is 75.7 Å². The third-order valence-corrected chi connectivity index (χ3v) is 23.9. The Morgan fingerprint density at radius 2 is 1.22 bits per heavy atom. The van der Waals surface area contributed by atoms with E-state index in [0.717, 1.165) is 16.0 Å². The molecular weight excluding hydrogens is 1660 g/mol. The Labute approximate surface area is 743 Å². The average molecular weight is 1790 g/mol. The molecule has 6 rings (SSSR count). The number of rotatable bonds is 30. The maximum absolute atomic E-state index is 15.4. The molecule has 0 unspecified atom stereocenters. The molecule has 4 aromatic carbocycles. The minimum atomic E-state index is -1.58. The van der Waals surface area contributed by atoms with Crippen molar-refractivity contribution in [3.05, 3.63) is 149 Å². The van der Waals surface area contributed by atoms with E-state index >= 15 is 33.6 Å². The van der Waals surface area contributed by atoms with Crippen molar-refractivity contribution in [2.24, 2.45) is 45.8 Å². The first-order valence-corrected chi connectivity index (χ1v) is 44.8. The normalized spacial score (nSPS) is 21.1. The number of benzene rings is 4. The van der Waals surface area contributed by atoms with Crippen LogP contribution in [0.25, 0.3) is 0 Å². The van der Waals surface area contributed by atoms with E-state index in [9.17, 15) is 48.2 Å². The van der Waals surface area contributed by atoms with E-state index in [1.807, 2.05) is 25.1 Å². The fourth-order valence-corrected chi connectivity index (χ4v) is 16.2. The highest BCUT2D eigenvalue weighted by atomic mass is 32.2. The van der Waals surface area contributed by atoms with Gasteiger partial charge >= 0.3 is 0 Å². The van der Waals surface area contributed by atoms with Gasteiger partial charge in [-0.3, -0.25) is 67.7 Å². The number of nitrogens with two attached hydrogens (primary N) is 3. The third kappa shape index (κ3) is 34.5. The summed E-state index contributed by atoms with van der Waals surface area (Å²) < 4.78 is 14.6. The number of imidazole rings is 1. The topological polar surface area (TPSA) is 546 Å². The third-order valence-electron chi connectivity index (χ3n) is 21.7. The smallest absolute Gasteiger partial charge is 0.246 e. The first kappa shape index (κ1) is 103. The fourth-order valence-electron chi connectivity index (χ4n) is 14.2. The number of Topliss-reactive ketones (excluding diaryl/α,β-unsaturated/α-hetero) is 2. The second-order valence-electron chi connectivity index (χ2n) is 34.2. The number of hydrogen-bond acceptors (Lipinski definition) is 21. The lowest BCUT2D eigenvalue weighted by molar-refractivity contribution is -0.143. The number of amides is 12. The highest BCUT2D eigenvalue weighted by molar-refractivity contribution is 7.98. The maximum atomic E-state index is 15.4. The molecule has 13 atom stereocenters. The van der Waals surface area contributed by atoms with Gasteiger partial charge < -0.3 is 101 Å². The number of halogens is 1. The largest absolute Gasteiger partial charge is 0.508 e. The minimum Gasteiger partial charge on any atom is -0.508 e. The van der Waals surface area contributed by atoms with Crippen molar-refractivity contribution < 1.29 is 81.7 Å². The Kier molecular flexibility index (Phi) is 41.5. The Morgan fingerprint density at radius 3 is 1.79 bits per heavy atom. The average Bonchev–Trinajstić information content (AvgIpc) is 0.889. The number of aromatic amines is 1. The number of nitrogens with zero attached hydrogens (tertiary/aromatic N) is 2. The number of ketones is 2. The lowest BCUT2D eigenvalue weighted by atomic mass is 9.76. The van der Waals surface area contributed by atoms with E-state index in [-0.39, 0.29) is 123 Å². The van der Waals surface area contributed by atoms with E-state index in [1.165, 1.54) is 111 Å². The zero-order valence-electron chi connectivity index (χ0n) is 73.7. The molecule has 1 aromatic heterocycles. The van der Waals surface area contributed by atoms with E-state index in [0.29, 0.717) is 36.0 Å². The van der Waals surface area contributed by atoms with Gasteiger partial charge in [0.15, 0.2) is 11.7 Å². The van der Waals surface area contributed by atoms with Crippen molar-refractivity contribution in [2.75, 3.05) is 38.2 Å². The maximum Gasteiger partial charge on any atom is 0.246 e. The first-order valence-electron chi connectivity index (χ1n) is 42.4. The van der Waals surface area contributed by atoms with E-state index in [2.05, 4.69) is 68.5 Å². The quantitative estimate of drug-likeness (QED) is 0.0177. The van der Waals surface area contributed by atoms with Gasteiger partial charge in [0.05, 0.1) is 24.6 Å². The molecule has 12 amide bonds. The number of unbranched alkanes of at least 4 members (excludes halogenated alkanes) is 1. The Balaban J connectivity index is 1.50. The SMILES string of the molecule is CCC[C@H](CC(C)=O)C(=O)N[C@H]1CSCc2cccc(c2)CSC[C@@H](C(=O)C[C@H](C(=O)N[C@@H](Cc2ccc(O)cc2)C(N)=O)C(C)(C)C)NC(=O)[C@H]([C@@H](C)CC)NC(=O)[C@H](Cc2c[nH]cn2)NC(=O)[C@H](CCCNC(=N)N)NC(=O)[C@H](Cc2ccc(O)cc2)NC(=O)[C@H](CCCCN)NC(=O)CNC(=O)[C@H](C(C)(C)C)NC(=O)[C@H](Cc2ccc(F)cc2)N(C)C1=O. The number of carbonyl (C=O) groups is 14. The molecule has 0 radical (unpaired) electrons. The van der Waals surface area contributed by atoms with Crippen LogP contribution in [-0.4, -0.2) is 212 Å². The van der Waals surface area contributed by atoms with Crippen LogP contribution in [0.2, 0.25) is 0 Å². The van der Waals surface area contributed by atoms with Gasteiger partial charge in [0.25, 0.3) is 0 Å². The van der Waals surface area contributed by atoms with Crippen LogP contribution in [0.15, 0.2) is 110 Å². The Hall–Kier alpha value is -11.5. The summed E-state index contributed by atoms with van der Waals surface area (Å²) in [5, 5.41) is 58.4. The van der Waals surface area contributed by atoms with Gasteiger partial charge in [-0.2, -0.15) is 23.5 Å². The number of carbonyl (C=O) groups excluding carboxylic acids is 14. The summed E-state index contributed by atoms with van der Waals surface area (Å²) in [4.78, 5) is 214. The van der Waals surface area contributed by atoms with Crippen molar-refractivity contribution in [2.45, 2.75) is 231 Å². The second-order valence-corrected chi connectivity index (χ2v) is 36.2. The van der Waals surface area contributed by atoms with Crippen molar-refractivity contribution in [1.29, 1.82) is 5.41 Å². The van der Waals surface area contributed by atoms with Crippen LogP contribution in [0.1, 0.15) is 167 Å². The monoisotopic (exact) mass is 1790 g/mol. The number of phenols is 2. The van der Waals surface area contributed by atoms with Crippen molar-refractivity contribution in [1.82, 2.24) is 73.4 Å². The molecule has 37 heteroatoms. The number of aromatic hydroxyl groups is 2. The van der Waals surface area contributed by atoms with Crippen LogP contribution >= 0.6 is 23.5 Å². The lowest BCUT2D eigenvalue weighted by Crippen LogP contribution is -2.61. The summed E-state index contributed by atoms with van der Waals surface area (Å²) >= 11 is 2.49. The number of hydrogen-bond donors (Lipinski definition) is 18. The van der Waals surface area contributed by atoms with Gasteiger partial charge in [0.1, 0.15) is 77.5 Å². The molecule has 688 valence electrons. The molecule has 34 nitrogen and oxygen atoms in total. The zero-order valence-corrected chi connectivity index (χ0v) is 75.3. The summed E-state index contributed by atoms with van der Waals surface area (Å²) in [6.07, 6.45) is 2.73. The molecule has 0 saturated carbocycles. The van der Waals surface area contributed by atoms with Crippen LogP contribution in [0.5, 0.6) is 11.5 Å². The summed E-state index contributed by atoms with van der Waals surface area (Å²) in [6.45, 7) is 16.1. The second kappa shape index (κ2) is 50.6. The van der Waals surface area contributed by atoms with E-state index in [4.69, 9.17) is 22.6 Å². The molecule has 5 aromatic rings. The number of aromatic nitrogens is 2. The molecule has 1 aliphatic heterocycles. The molecule has 0 spiro atoms. The molecule has 2 heterocycles. The first-order chi connectivity index (χ1) is 59.6. The van der Waals surface area contributed by atoms with Crippen LogP contribution in [0, 0.1) is 39.8 Å². The number of nitrogens with one attached hydrogen (secondary N) is 13. The Bertz CT molecular complexity index is 4510. The summed E-state index contributed by atoms with van der Waals surface area (Å²) in [5.41, 5.74) is 18.4. The molecule has 0 saturated heterocycles. The number of primary amides is 1. The molecular formula is C89H127FN18O16S2. The molecule has 0 fully saturated rings. The van der Waals surface area contributed by atoms with Gasteiger partial charge in [-0.25, -0.2) is 9.37 Å². The van der Waals surface area contributed by atoms with Crippen molar-refractivity contribution in [3.63, 3.8) is 0 Å². The number of fused-ring (bicyclic) bond motifs is 2. The minimum absolute atomic E-state index is 0.00599. The van der Waals surface area contributed by atoms with E-state index < -0.39 is 190 Å². The number of phenolic OH excluding ortho intramolecular Hbond substituents is 2. The van der Waals surface area contributed by atoms with Gasteiger partial charge in [0, 0.05) is 93.2 Å². The number of likely N-dealkylation sites (N-methyl/N-ethyl adjacent to an activating group) is 1. The number of thioether (sulfide) groups is 2. The molecule has 126 heavy (non-hydrogen) atoms. The highest BCUT2D eigenvalue weighted by Gasteiger charge is 2.43. The zero-order chi connectivity index (χ0) is 93.1. The molecule has 21 N–H and O–H groups in total. The summed E-state index contributed by atoms with van der Waals surface area (Å²) in [7, 11) is 1.35. The Morgan fingerprint density at radius 1 is 0.659 bits per heavy atom. The van der Waals surface area contributed by atoms with Gasteiger partial charge in [0.2, 0.25) is 70.9 Å². The van der Waals surface area contributed by atoms with Crippen LogP contribution in [0.4, 0.5) is 4.39 Å². The number of guanidine groups is 1. The fraction of sp³-hybridized carbons (Fsp3) is 0.528. The highest BCUT2D eigenvalue weighted by Crippen LogP contribution is 2.32. The van der Waals surface area contributed by atoms with Gasteiger partial charge in [-0.1, -0.05) is 136 Å². The molecule has 1 aliphatic rings. The van der Waals surface area contributed by atoms with Gasteiger partial charge in [-0.15, -0.1) is 0 Å². The summed E-state index contributed by atoms with van der Waals surface area (Å²) in [6, 6.07) is 9.59. The standard InChI is InChI=1S/C89H127FN18O16S2/c1-12-18-58(37-52(4)109)77(115)105-70-49-126-47-57-20-16-19-56(38-57)46-125-48-69(72(112)43-63(88(5,6)7)78(116)101-66(76(92)114)39-53-25-31-61(110)32-26-53)104-84(122)74(51(3)13-2)106-82(120)68(42-60-44-95-50-98-60)103-80(118)65(22-17-36-96-87(93)94)100-81(119)67(40-54-27-33-62(111)34-28-54)102-79(117)64(21-14-15-35-91)99-73(113)45-97-85(123)75(89(8,9)10)107-83(121)71(108(11)86(70)124)41-55-23-29-59(90)30-24-55/h16,19-20,23-34,38,44,50-51,58,63-71,74-75,110-111H,12-15,17-18,21-22,35-37,39-43,45-49,91H2,1-11H3,(H2,92,114)(H,95,98)(H,97,123)(H,99,113)(H,100,119)(H,101,116)(H,102,117)(H,103,118)(H,104,122)(H,105,115)(H,106,120)(H,107,121)(H4,93,94,96)/t51-,58+,63+,64-,65-,66-,67-,68-,69-,70-,71-,74-,75+/m0/s1. The van der Waals surface area contributed by atoms with E-state index in [1.54, 1.807) is 73.6 Å². The molecule has 2 bridgehead atoms.